The summed E-state index contributed by atoms with van der Waals surface area (Å²) in [6, 6.07) is 1.69. The Kier molecular flexibility index (Phi) is 6.51. The van der Waals surface area contributed by atoms with Crippen LogP contribution in [0.25, 0.3) is 0 Å². The summed E-state index contributed by atoms with van der Waals surface area (Å²) in [6.07, 6.45) is 3.57. The standard InChI is InChI=1S/C13H19F2NO3S/c1-2-3-4-5-8-16-20(18,19)12-7-6-11(14)10(9-17)13(12)15/h6-7,16-17H,2-5,8-9H2,1H3. The van der Waals surface area contributed by atoms with Gasteiger partial charge in [-0.2, -0.15) is 0 Å². The number of aliphatic hydroxyl groups excluding tert-OH is 1. The van der Waals surface area contributed by atoms with Gasteiger partial charge in [-0.3, -0.25) is 0 Å². The molecule has 0 heterocycles. The van der Waals surface area contributed by atoms with Gasteiger partial charge in [-0.15, -0.1) is 0 Å². The van der Waals surface area contributed by atoms with Crippen molar-refractivity contribution in [2.75, 3.05) is 6.54 Å². The van der Waals surface area contributed by atoms with Crippen molar-refractivity contribution in [3.05, 3.63) is 29.3 Å². The highest BCUT2D eigenvalue weighted by atomic mass is 32.2. The second kappa shape index (κ2) is 7.66. The fourth-order valence-corrected chi connectivity index (χ4v) is 2.94. The zero-order chi connectivity index (χ0) is 15.2. The van der Waals surface area contributed by atoms with E-state index in [2.05, 4.69) is 4.72 Å². The number of halogens is 2. The quantitative estimate of drug-likeness (QED) is 0.724. The Bertz CT molecular complexity index is 547. The van der Waals surface area contributed by atoms with E-state index in [1.807, 2.05) is 6.92 Å². The van der Waals surface area contributed by atoms with Crippen molar-refractivity contribution < 1.29 is 22.3 Å². The average Bonchev–Trinajstić information content (AvgIpc) is 2.38. The monoisotopic (exact) mass is 307 g/mol. The first-order valence-corrected chi connectivity index (χ1v) is 7.99. The van der Waals surface area contributed by atoms with Crippen LogP contribution < -0.4 is 4.72 Å². The molecule has 0 bridgehead atoms. The van der Waals surface area contributed by atoms with E-state index in [9.17, 15) is 17.2 Å². The number of rotatable bonds is 8. The Morgan fingerprint density at radius 2 is 1.90 bits per heavy atom. The number of hydrogen-bond acceptors (Lipinski definition) is 3. The number of unbranched alkanes of at least 4 members (excludes halogenated alkanes) is 3. The fourth-order valence-electron chi connectivity index (χ4n) is 1.76. The highest BCUT2D eigenvalue weighted by molar-refractivity contribution is 7.89. The van der Waals surface area contributed by atoms with Crippen molar-refractivity contribution in [1.82, 2.24) is 4.72 Å². The average molecular weight is 307 g/mol. The van der Waals surface area contributed by atoms with Crippen LogP contribution in [0.3, 0.4) is 0 Å². The molecule has 0 amide bonds. The van der Waals surface area contributed by atoms with E-state index in [1.165, 1.54) is 0 Å². The Labute approximate surface area is 117 Å². The largest absolute Gasteiger partial charge is 0.391 e. The lowest BCUT2D eigenvalue weighted by atomic mass is 10.2. The van der Waals surface area contributed by atoms with Gasteiger partial charge in [-0.1, -0.05) is 26.2 Å². The van der Waals surface area contributed by atoms with Gasteiger partial charge in [0.05, 0.1) is 12.2 Å². The third-order valence-corrected chi connectivity index (χ3v) is 4.40. The van der Waals surface area contributed by atoms with Crippen LogP contribution in [0.1, 0.15) is 38.2 Å². The van der Waals surface area contributed by atoms with Crippen LogP contribution >= 0.6 is 0 Å². The minimum Gasteiger partial charge on any atom is -0.391 e. The lowest BCUT2D eigenvalue weighted by Gasteiger charge is -2.10. The SMILES string of the molecule is CCCCCCNS(=O)(=O)c1ccc(F)c(CO)c1F. The van der Waals surface area contributed by atoms with Crippen molar-refractivity contribution in [2.24, 2.45) is 0 Å². The number of hydrogen-bond donors (Lipinski definition) is 2. The molecule has 1 aromatic rings. The molecule has 7 heteroatoms. The molecule has 0 aliphatic heterocycles. The van der Waals surface area contributed by atoms with Gasteiger partial charge in [0.15, 0.2) is 5.82 Å². The summed E-state index contributed by atoms with van der Waals surface area (Å²) in [6.45, 7) is 1.35. The third-order valence-electron chi connectivity index (χ3n) is 2.92. The van der Waals surface area contributed by atoms with E-state index in [-0.39, 0.29) is 6.54 Å². The second-order valence-electron chi connectivity index (χ2n) is 4.45. The molecule has 4 nitrogen and oxygen atoms in total. The van der Waals surface area contributed by atoms with Gasteiger partial charge in [0.25, 0.3) is 0 Å². The van der Waals surface area contributed by atoms with Gasteiger partial charge in [0.2, 0.25) is 10.0 Å². The molecule has 0 spiro atoms. The van der Waals surface area contributed by atoms with E-state index in [0.717, 1.165) is 31.4 Å². The zero-order valence-corrected chi connectivity index (χ0v) is 12.1. The van der Waals surface area contributed by atoms with Gasteiger partial charge >= 0.3 is 0 Å². The Hall–Kier alpha value is -1.05. The third kappa shape index (κ3) is 4.22. The molecule has 0 aliphatic rings. The van der Waals surface area contributed by atoms with Gasteiger partial charge < -0.3 is 5.11 Å². The molecule has 2 N–H and O–H groups in total. The zero-order valence-electron chi connectivity index (χ0n) is 11.3. The van der Waals surface area contributed by atoms with E-state index < -0.39 is 38.7 Å². The van der Waals surface area contributed by atoms with Crippen LogP contribution in [-0.4, -0.2) is 20.1 Å². The maximum absolute atomic E-state index is 13.8. The number of sulfonamides is 1. The summed E-state index contributed by atoms with van der Waals surface area (Å²) >= 11 is 0. The predicted molar refractivity (Wildman–Crippen MR) is 71.6 cm³/mol. The van der Waals surface area contributed by atoms with E-state index in [0.29, 0.717) is 6.42 Å². The number of nitrogens with one attached hydrogen (secondary N) is 1. The molecule has 20 heavy (non-hydrogen) atoms. The smallest absolute Gasteiger partial charge is 0.243 e. The minimum atomic E-state index is -4.03. The Morgan fingerprint density at radius 1 is 1.20 bits per heavy atom. The second-order valence-corrected chi connectivity index (χ2v) is 6.19. The first-order valence-electron chi connectivity index (χ1n) is 6.51. The molecule has 0 radical (unpaired) electrons. The Morgan fingerprint density at radius 3 is 2.50 bits per heavy atom. The summed E-state index contributed by atoms with van der Waals surface area (Å²) in [5.74, 6) is -2.21. The molecule has 0 aromatic heterocycles. The fraction of sp³-hybridized carbons (Fsp3) is 0.538. The highest BCUT2D eigenvalue weighted by Gasteiger charge is 2.22. The number of benzene rings is 1. The molecule has 0 saturated heterocycles. The van der Waals surface area contributed by atoms with Crippen LogP contribution in [0.15, 0.2) is 17.0 Å². The first kappa shape index (κ1) is 17.0. The maximum Gasteiger partial charge on any atom is 0.243 e. The predicted octanol–water partition coefficient (Wildman–Crippen LogP) is 2.32. The van der Waals surface area contributed by atoms with Gasteiger partial charge in [0, 0.05) is 6.54 Å². The number of aliphatic hydroxyl groups is 1. The molecule has 0 saturated carbocycles. The van der Waals surface area contributed by atoms with Crippen LogP contribution in [-0.2, 0) is 16.6 Å². The summed E-state index contributed by atoms with van der Waals surface area (Å²) < 4.78 is 53.1. The Balaban J connectivity index is 2.83. The van der Waals surface area contributed by atoms with Crippen molar-refractivity contribution in [2.45, 2.75) is 44.1 Å². The van der Waals surface area contributed by atoms with E-state index in [4.69, 9.17) is 5.11 Å². The lowest BCUT2D eigenvalue weighted by molar-refractivity contribution is 0.267. The molecule has 0 atom stereocenters. The van der Waals surface area contributed by atoms with E-state index in [1.54, 1.807) is 0 Å². The van der Waals surface area contributed by atoms with Crippen LogP contribution in [0.5, 0.6) is 0 Å². The minimum absolute atomic E-state index is 0.202. The molecular formula is C13H19F2NO3S. The van der Waals surface area contributed by atoms with Gasteiger partial charge in [-0.05, 0) is 18.6 Å². The van der Waals surface area contributed by atoms with Gasteiger partial charge in [-0.25, -0.2) is 21.9 Å². The summed E-state index contributed by atoms with van der Waals surface area (Å²) in [5.41, 5.74) is -0.640. The van der Waals surface area contributed by atoms with Gasteiger partial charge in [0.1, 0.15) is 10.7 Å². The molecule has 0 fully saturated rings. The molecule has 1 rings (SSSR count). The first-order chi connectivity index (χ1) is 9.44. The van der Waals surface area contributed by atoms with Crippen molar-refractivity contribution in [1.29, 1.82) is 0 Å². The molecule has 114 valence electrons. The summed E-state index contributed by atoms with van der Waals surface area (Å²) in [5, 5.41) is 8.87. The molecule has 0 aliphatic carbocycles. The normalized spacial score (nSPS) is 11.8. The topological polar surface area (TPSA) is 66.4 Å². The van der Waals surface area contributed by atoms with Crippen molar-refractivity contribution >= 4 is 10.0 Å². The maximum atomic E-state index is 13.8. The van der Waals surface area contributed by atoms with Crippen molar-refractivity contribution in [3.8, 4) is 0 Å². The van der Waals surface area contributed by atoms with Crippen LogP contribution in [0.4, 0.5) is 8.78 Å². The highest BCUT2D eigenvalue weighted by Crippen LogP contribution is 2.21. The summed E-state index contributed by atoms with van der Waals surface area (Å²) in [7, 11) is -4.03. The summed E-state index contributed by atoms with van der Waals surface area (Å²) in [4.78, 5) is -0.640. The van der Waals surface area contributed by atoms with E-state index >= 15 is 0 Å². The molecule has 1 aromatic carbocycles. The van der Waals surface area contributed by atoms with Crippen LogP contribution in [0, 0.1) is 11.6 Å². The van der Waals surface area contributed by atoms with Crippen molar-refractivity contribution in [3.63, 3.8) is 0 Å². The molecule has 0 unspecified atom stereocenters. The lowest BCUT2D eigenvalue weighted by Crippen LogP contribution is -2.26. The molecular weight excluding hydrogens is 288 g/mol. The van der Waals surface area contributed by atoms with Crippen LogP contribution in [0.2, 0.25) is 0 Å².